The molecule has 0 spiro atoms. The lowest BCUT2D eigenvalue weighted by Gasteiger charge is -2.18. The number of aromatic nitrogens is 2. The van der Waals surface area contributed by atoms with Crippen LogP contribution in [-0.4, -0.2) is 21.4 Å². The number of hydrogen-bond donors (Lipinski definition) is 1. The van der Waals surface area contributed by atoms with Crippen molar-refractivity contribution >= 4 is 18.0 Å². The molecule has 2 N–H and O–H groups in total. The van der Waals surface area contributed by atoms with Crippen LogP contribution in [-0.2, 0) is 4.74 Å². The average molecular weight is 209 g/mol. The summed E-state index contributed by atoms with van der Waals surface area (Å²) in [6.07, 6.45) is 2.79. The predicted octanol–water partition coefficient (Wildman–Crippen LogP) is 1.52. The highest BCUT2D eigenvalue weighted by molar-refractivity contribution is 5.94. The maximum absolute atomic E-state index is 11.6. The molecule has 5 nitrogen and oxygen atoms in total. The standard InChI is InChI=1S/C10H15N3O2/c1-5-13-8(11)7(6-12-13)9(14)15-10(2,3)4/h5-6H,1,11H2,2-4H3. The van der Waals surface area contributed by atoms with Crippen molar-refractivity contribution in [3.05, 3.63) is 18.3 Å². The van der Waals surface area contributed by atoms with E-state index in [0.717, 1.165) is 0 Å². The highest BCUT2D eigenvalue weighted by Crippen LogP contribution is 2.16. The Bertz CT molecular complexity index is 388. The Balaban J connectivity index is 2.92. The number of carbonyl (C=O) groups excluding carboxylic acids is 1. The average Bonchev–Trinajstić information content (AvgIpc) is 2.43. The fourth-order valence-corrected chi connectivity index (χ4v) is 1.01. The minimum Gasteiger partial charge on any atom is -0.456 e. The summed E-state index contributed by atoms with van der Waals surface area (Å²) >= 11 is 0. The molecule has 0 fully saturated rings. The van der Waals surface area contributed by atoms with E-state index in [0.29, 0.717) is 0 Å². The second-order valence-electron chi connectivity index (χ2n) is 4.07. The molecule has 0 radical (unpaired) electrons. The monoisotopic (exact) mass is 209 g/mol. The van der Waals surface area contributed by atoms with Gasteiger partial charge in [0.2, 0.25) is 0 Å². The van der Waals surface area contributed by atoms with Crippen molar-refractivity contribution in [3.63, 3.8) is 0 Å². The van der Waals surface area contributed by atoms with Gasteiger partial charge in [-0.05, 0) is 20.8 Å². The first-order valence-corrected chi connectivity index (χ1v) is 4.54. The van der Waals surface area contributed by atoms with E-state index in [4.69, 9.17) is 10.5 Å². The maximum atomic E-state index is 11.6. The van der Waals surface area contributed by atoms with Crippen LogP contribution in [0.2, 0.25) is 0 Å². The quantitative estimate of drug-likeness (QED) is 0.750. The molecule has 82 valence electrons. The SMILES string of the molecule is C=Cn1ncc(C(=O)OC(C)(C)C)c1N. The lowest BCUT2D eigenvalue weighted by molar-refractivity contribution is 0.00708. The van der Waals surface area contributed by atoms with E-state index in [-0.39, 0.29) is 11.4 Å². The van der Waals surface area contributed by atoms with E-state index in [1.165, 1.54) is 17.1 Å². The summed E-state index contributed by atoms with van der Waals surface area (Å²) in [5, 5.41) is 3.86. The summed E-state index contributed by atoms with van der Waals surface area (Å²) in [5.74, 6) is -0.243. The molecule has 1 aromatic rings. The smallest absolute Gasteiger partial charge is 0.344 e. The van der Waals surface area contributed by atoms with Crippen molar-refractivity contribution in [2.75, 3.05) is 5.73 Å². The Morgan fingerprint density at radius 1 is 1.67 bits per heavy atom. The second-order valence-corrected chi connectivity index (χ2v) is 4.07. The Labute approximate surface area is 88.5 Å². The van der Waals surface area contributed by atoms with Gasteiger partial charge in [0, 0.05) is 6.20 Å². The number of hydrogen-bond acceptors (Lipinski definition) is 4. The number of nitrogens with zero attached hydrogens (tertiary/aromatic N) is 2. The Morgan fingerprint density at radius 3 is 2.67 bits per heavy atom. The zero-order valence-corrected chi connectivity index (χ0v) is 9.15. The minimum absolute atomic E-state index is 0.235. The zero-order chi connectivity index (χ0) is 11.6. The molecule has 0 aliphatic heterocycles. The van der Waals surface area contributed by atoms with Crippen molar-refractivity contribution in [1.82, 2.24) is 9.78 Å². The van der Waals surface area contributed by atoms with Gasteiger partial charge < -0.3 is 10.5 Å². The summed E-state index contributed by atoms with van der Waals surface area (Å²) in [4.78, 5) is 11.6. The predicted molar refractivity (Wildman–Crippen MR) is 58.2 cm³/mol. The molecule has 1 heterocycles. The molecule has 0 aromatic carbocycles. The summed E-state index contributed by atoms with van der Waals surface area (Å²) in [7, 11) is 0. The first-order valence-electron chi connectivity index (χ1n) is 4.54. The van der Waals surface area contributed by atoms with Crippen LogP contribution in [0.3, 0.4) is 0 Å². The van der Waals surface area contributed by atoms with Crippen LogP contribution in [0.15, 0.2) is 12.8 Å². The largest absolute Gasteiger partial charge is 0.456 e. The van der Waals surface area contributed by atoms with Crippen LogP contribution in [0.4, 0.5) is 5.82 Å². The van der Waals surface area contributed by atoms with Crippen LogP contribution >= 0.6 is 0 Å². The summed E-state index contributed by atoms with van der Waals surface area (Å²) in [6.45, 7) is 8.88. The number of esters is 1. The molecule has 0 bridgehead atoms. The highest BCUT2D eigenvalue weighted by atomic mass is 16.6. The summed E-state index contributed by atoms with van der Waals surface area (Å²) in [6, 6.07) is 0. The van der Waals surface area contributed by atoms with Gasteiger partial charge in [-0.2, -0.15) is 5.10 Å². The first-order chi connectivity index (χ1) is 6.85. The van der Waals surface area contributed by atoms with Crippen molar-refractivity contribution < 1.29 is 9.53 Å². The van der Waals surface area contributed by atoms with E-state index < -0.39 is 11.6 Å². The van der Waals surface area contributed by atoms with Gasteiger partial charge in [-0.1, -0.05) is 6.58 Å². The van der Waals surface area contributed by atoms with Crippen molar-refractivity contribution in [2.24, 2.45) is 0 Å². The third-order valence-corrected chi connectivity index (χ3v) is 1.63. The molecule has 0 aliphatic rings. The number of ether oxygens (including phenoxy) is 1. The molecular weight excluding hydrogens is 194 g/mol. The second kappa shape index (κ2) is 3.76. The third kappa shape index (κ3) is 2.59. The Hall–Kier alpha value is -1.78. The first kappa shape index (κ1) is 11.3. The molecule has 1 aromatic heterocycles. The van der Waals surface area contributed by atoms with Gasteiger partial charge >= 0.3 is 5.97 Å². The molecule has 0 unspecified atom stereocenters. The fourth-order valence-electron chi connectivity index (χ4n) is 1.01. The lowest BCUT2D eigenvalue weighted by Crippen LogP contribution is -2.24. The number of anilines is 1. The molecule has 0 aliphatic carbocycles. The van der Waals surface area contributed by atoms with Crippen LogP contribution in [0, 0.1) is 0 Å². The number of nitrogens with two attached hydrogens (primary N) is 1. The van der Waals surface area contributed by atoms with Gasteiger partial charge in [0.1, 0.15) is 17.0 Å². The summed E-state index contributed by atoms with van der Waals surface area (Å²) < 4.78 is 6.47. The number of nitrogen functional groups attached to an aromatic ring is 1. The van der Waals surface area contributed by atoms with Crippen molar-refractivity contribution in [3.8, 4) is 0 Å². The van der Waals surface area contributed by atoms with Crippen molar-refractivity contribution in [1.29, 1.82) is 0 Å². The molecule has 0 atom stereocenters. The van der Waals surface area contributed by atoms with Crippen LogP contribution < -0.4 is 5.73 Å². The Morgan fingerprint density at radius 2 is 2.27 bits per heavy atom. The van der Waals surface area contributed by atoms with E-state index in [1.54, 1.807) is 20.8 Å². The Kier molecular flexibility index (Phi) is 2.83. The normalized spacial score (nSPS) is 11.1. The molecule has 0 saturated carbocycles. The topological polar surface area (TPSA) is 70.1 Å². The van der Waals surface area contributed by atoms with Crippen LogP contribution in [0.1, 0.15) is 31.1 Å². The molecule has 5 heteroatoms. The molecule has 0 saturated heterocycles. The number of rotatable bonds is 2. The van der Waals surface area contributed by atoms with E-state index >= 15 is 0 Å². The zero-order valence-electron chi connectivity index (χ0n) is 9.15. The van der Waals surface area contributed by atoms with E-state index in [9.17, 15) is 4.79 Å². The number of carbonyl (C=O) groups is 1. The fraction of sp³-hybridized carbons (Fsp3) is 0.400. The van der Waals surface area contributed by atoms with Crippen LogP contribution in [0.5, 0.6) is 0 Å². The molecule has 1 rings (SSSR count). The minimum atomic E-state index is -0.542. The van der Waals surface area contributed by atoms with Gasteiger partial charge in [-0.15, -0.1) is 0 Å². The van der Waals surface area contributed by atoms with Gasteiger partial charge in [0.05, 0.1) is 6.20 Å². The lowest BCUT2D eigenvalue weighted by atomic mass is 10.2. The van der Waals surface area contributed by atoms with Crippen molar-refractivity contribution in [2.45, 2.75) is 26.4 Å². The van der Waals surface area contributed by atoms with Crippen LogP contribution in [0.25, 0.3) is 6.20 Å². The third-order valence-electron chi connectivity index (χ3n) is 1.63. The summed E-state index contributed by atoms with van der Waals surface area (Å²) in [5.41, 5.74) is 5.37. The van der Waals surface area contributed by atoms with E-state index in [1.807, 2.05) is 0 Å². The van der Waals surface area contributed by atoms with E-state index in [2.05, 4.69) is 11.7 Å². The molecule has 0 amide bonds. The molecular formula is C10H15N3O2. The van der Waals surface area contributed by atoms with Gasteiger partial charge in [0.15, 0.2) is 0 Å². The van der Waals surface area contributed by atoms with Gasteiger partial charge in [-0.25, -0.2) is 9.48 Å². The molecule has 15 heavy (non-hydrogen) atoms. The van der Waals surface area contributed by atoms with Gasteiger partial charge in [0.25, 0.3) is 0 Å². The highest BCUT2D eigenvalue weighted by Gasteiger charge is 2.21. The maximum Gasteiger partial charge on any atom is 0.344 e. The van der Waals surface area contributed by atoms with Gasteiger partial charge in [-0.3, -0.25) is 0 Å².